The Morgan fingerprint density at radius 2 is 2.16 bits per heavy atom. The van der Waals surface area contributed by atoms with E-state index in [4.69, 9.17) is 9.47 Å². The number of amides is 1. The number of aryl methyl sites for hydroxylation is 1. The van der Waals surface area contributed by atoms with Gasteiger partial charge < -0.3 is 14.4 Å². The lowest BCUT2D eigenvalue weighted by Gasteiger charge is -2.20. The van der Waals surface area contributed by atoms with Crippen molar-refractivity contribution in [1.82, 2.24) is 9.88 Å². The van der Waals surface area contributed by atoms with Gasteiger partial charge in [0.15, 0.2) is 0 Å². The first-order chi connectivity index (χ1) is 9.17. The van der Waals surface area contributed by atoms with Gasteiger partial charge in [0.2, 0.25) is 5.91 Å². The summed E-state index contributed by atoms with van der Waals surface area (Å²) in [7, 11) is 1.60. The molecule has 5 heteroatoms. The number of ether oxygens (including phenoxy) is 2. The van der Waals surface area contributed by atoms with Crippen LogP contribution in [0.3, 0.4) is 0 Å². The maximum absolute atomic E-state index is 12.0. The molecule has 0 spiro atoms. The molecule has 5 nitrogen and oxygen atoms in total. The third-order valence-corrected chi connectivity index (χ3v) is 2.69. The Kier molecular flexibility index (Phi) is 7.07. The summed E-state index contributed by atoms with van der Waals surface area (Å²) >= 11 is 0. The van der Waals surface area contributed by atoms with Crippen LogP contribution >= 0.6 is 0 Å². The van der Waals surface area contributed by atoms with E-state index in [2.05, 4.69) is 4.98 Å². The molecule has 0 fully saturated rings. The molecule has 0 aliphatic carbocycles. The lowest BCUT2D eigenvalue weighted by molar-refractivity contribution is -0.137. The molecule has 1 aromatic heterocycles. The van der Waals surface area contributed by atoms with Crippen molar-refractivity contribution in [2.75, 3.05) is 33.5 Å². The zero-order chi connectivity index (χ0) is 14.1. The molecule has 0 aliphatic rings. The highest BCUT2D eigenvalue weighted by Crippen LogP contribution is 2.04. The number of carbonyl (C=O) groups is 1. The van der Waals surface area contributed by atoms with E-state index in [-0.39, 0.29) is 12.5 Å². The second kappa shape index (κ2) is 8.61. The summed E-state index contributed by atoms with van der Waals surface area (Å²) in [6.07, 6.45) is 0. The molecule has 1 heterocycles. The Balaban J connectivity index is 2.46. The molecule has 0 saturated carbocycles. The van der Waals surface area contributed by atoms with Crippen LogP contribution in [0.15, 0.2) is 18.2 Å². The average molecular weight is 266 g/mol. The first kappa shape index (κ1) is 15.6. The van der Waals surface area contributed by atoms with E-state index < -0.39 is 0 Å². The molecular formula is C14H22N2O3. The molecule has 0 aliphatic heterocycles. The van der Waals surface area contributed by atoms with Crippen LogP contribution < -0.4 is 0 Å². The van der Waals surface area contributed by atoms with E-state index in [1.807, 2.05) is 32.0 Å². The minimum atomic E-state index is -0.0260. The SMILES string of the molecule is CCN(Cc1cccc(C)n1)C(=O)COCCOC. The van der Waals surface area contributed by atoms with Crippen molar-refractivity contribution in [3.8, 4) is 0 Å². The average Bonchev–Trinajstić information content (AvgIpc) is 2.41. The minimum Gasteiger partial charge on any atom is -0.382 e. The second-order valence-corrected chi connectivity index (χ2v) is 4.22. The van der Waals surface area contributed by atoms with Crippen LogP contribution in [0, 0.1) is 6.92 Å². The fourth-order valence-electron chi connectivity index (χ4n) is 1.65. The highest BCUT2D eigenvalue weighted by atomic mass is 16.5. The summed E-state index contributed by atoms with van der Waals surface area (Å²) in [4.78, 5) is 18.1. The highest BCUT2D eigenvalue weighted by Gasteiger charge is 2.12. The summed E-state index contributed by atoms with van der Waals surface area (Å²) in [5, 5.41) is 0. The van der Waals surface area contributed by atoms with Gasteiger partial charge >= 0.3 is 0 Å². The van der Waals surface area contributed by atoms with Crippen molar-refractivity contribution < 1.29 is 14.3 Å². The van der Waals surface area contributed by atoms with Gasteiger partial charge in [0.1, 0.15) is 6.61 Å². The van der Waals surface area contributed by atoms with Gasteiger partial charge in [-0.05, 0) is 26.0 Å². The van der Waals surface area contributed by atoms with Crippen LogP contribution in [0.25, 0.3) is 0 Å². The molecule has 0 radical (unpaired) electrons. The number of rotatable bonds is 8. The van der Waals surface area contributed by atoms with Gasteiger partial charge in [0, 0.05) is 19.3 Å². The summed E-state index contributed by atoms with van der Waals surface area (Å²) in [5.74, 6) is -0.0260. The lowest BCUT2D eigenvalue weighted by atomic mass is 10.3. The van der Waals surface area contributed by atoms with Crippen LogP contribution in [0.4, 0.5) is 0 Å². The van der Waals surface area contributed by atoms with E-state index >= 15 is 0 Å². The van der Waals surface area contributed by atoms with Crippen molar-refractivity contribution in [2.24, 2.45) is 0 Å². The molecule has 0 aromatic carbocycles. The maximum Gasteiger partial charge on any atom is 0.248 e. The predicted molar refractivity (Wildman–Crippen MR) is 72.8 cm³/mol. The molecule has 19 heavy (non-hydrogen) atoms. The molecule has 0 unspecified atom stereocenters. The van der Waals surface area contributed by atoms with Crippen molar-refractivity contribution in [3.05, 3.63) is 29.6 Å². The van der Waals surface area contributed by atoms with Crippen LogP contribution in [-0.2, 0) is 20.8 Å². The highest BCUT2D eigenvalue weighted by molar-refractivity contribution is 5.77. The summed E-state index contributed by atoms with van der Waals surface area (Å²) < 4.78 is 10.1. The number of nitrogens with zero attached hydrogens (tertiary/aromatic N) is 2. The molecule has 0 bridgehead atoms. The van der Waals surface area contributed by atoms with E-state index in [9.17, 15) is 4.79 Å². The van der Waals surface area contributed by atoms with Gasteiger partial charge in [-0.2, -0.15) is 0 Å². The molecule has 1 aromatic rings. The number of hydrogen-bond acceptors (Lipinski definition) is 4. The molecular weight excluding hydrogens is 244 g/mol. The second-order valence-electron chi connectivity index (χ2n) is 4.22. The van der Waals surface area contributed by atoms with Gasteiger partial charge in [-0.1, -0.05) is 6.07 Å². The summed E-state index contributed by atoms with van der Waals surface area (Å²) in [5.41, 5.74) is 1.85. The van der Waals surface area contributed by atoms with Gasteiger partial charge in [-0.15, -0.1) is 0 Å². The number of aromatic nitrogens is 1. The van der Waals surface area contributed by atoms with Crippen molar-refractivity contribution >= 4 is 5.91 Å². The molecule has 0 atom stereocenters. The number of hydrogen-bond donors (Lipinski definition) is 0. The fourth-order valence-corrected chi connectivity index (χ4v) is 1.65. The number of methoxy groups -OCH3 is 1. The van der Waals surface area contributed by atoms with Crippen LogP contribution in [-0.4, -0.2) is 49.3 Å². The van der Waals surface area contributed by atoms with Gasteiger partial charge in [-0.25, -0.2) is 0 Å². The molecule has 106 valence electrons. The molecule has 1 rings (SSSR count). The molecule has 1 amide bonds. The lowest BCUT2D eigenvalue weighted by Crippen LogP contribution is -2.34. The molecule has 0 saturated heterocycles. The smallest absolute Gasteiger partial charge is 0.248 e. The number of pyridine rings is 1. The quantitative estimate of drug-likeness (QED) is 0.667. The summed E-state index contributed by atoms with van der Waals surface area (Å²) in [6, 6.07) is 5.81. The Hall–Kier alpha value is -1.46. The van der Waals surface area contributed by atoms with E-state index in [1.54, 1.807) is 12.0 Å². The third-order valence-electron chi connectivity index (χ3n) is 2.69. The van der Waals surface area contributed by atoms with Gasteiger partial charge in [0.05, 0.1) is 25.5 Å². The van der Waals surface area contributed by atoms with E-state index in [0.29, 0.717) is 26.3 Å². The molecule has 0 N–H and O–H groups in total. The predicted octanol–water partition coefficient (Wildman–Crippen LogP) is 1.40. The first-order valence-corrected chi connectivity index (χ1v) is 6.44. The Morgan fingerprint density at radius 1 is 1.37 bits per heavy atom. The van der Waals surface area contributed by atoms with E-state index in [1.165, 1.54) is 0 Å². The standard InChI is InChI=1S/C14H22N2O3/c1-4-16(14(17)11-19-9-8-18-3)10-13-7-5-6-12(2)15-13/h5-7H,4,8-11H2,1-3H3. The number of likely N-dealkylation sites (N-methyl/N-ethyl adjacent to an activating group) is 1. The van der Waals surface area contributed by atoms with Crippen LogP contribution in [0.1, 0.15) is 18.3 Å². The topological polar surface area (TPSA) is 51.7 Å². The van der Waals surface area contributed by atoms with Crippen molar-refractivity contribution in [3.63, 3.8) is 0 Å². The first-order valence-electron chi connectivity index (χ1n) is 6.44. The zero-order valence-corrected chi connectivity index (χ0v) is 11.9. The fraction of sp³-hybridized carbons (Fsp3) is 0.571. The Labute approximate surface area is 114 Å². The Morgan fingerprint density at radius 3 is 2.79 bits per heavy atom. The largest absolute Gasteiger partial charge is 0.382 e. The maximum atomic E-state index is 12.0. The normalized spacial score (nSPS) is 10.5. The number of carbonyl (C=O) groups excluding carboxylic acids is 1. The monoisotopic (exact) mass is 266 g/mol. The van der Waals surface area contributed by atoms with Crippen molar-refractivity contribution in [1.29, 1.82) is 0 Å². The van der Waals surface area contributed by atoms with Crippen LogP contribution in [0.5, 0.6) is 0 Å². The summed E-state index contributed by atoms with van der Waals surface area (Å²) in [6.45, 7) is 6.06. The van der Waals surface area contributed by atoms with Crippen LogP contribution in [0.2, 0.25) is 0 Å². The third kappa shape index (κ3) is 5.81. The van der Waals surface area contributed by atoms with Crippen molar-refractivity contribution in [2.45, 2.75) is 20.4 Å². The van der Waals surface area contributed by atoms with E-state index in [0.717, 1.165) is 11.4 Å². The Bertz CT molecular complexity index is 396. The van der Waals surface area contributed by atoms with Gasteiger partial charge in [-0.3, -0.25) is 9.78 Å². The minimum absolute atomic E-state index is 0.0260. The van der Waals surface area contributed by atoms with Gasteiger partial charge in [0.25, 0.3) is 0 Å². The zero-order valence-electron chi connectivity index (χ0n) is 11.9.